The number of nitrogens with one attached hydrogen (secondary N) is 1. The minimum Gasteiger partial charge on any atom is -0.382 e. The zero-order valence-electron chi connectivity index (χ0n) is 10.9. The maximum atomic E-state index is 7.28. The van der Waals surface area contributed by atoms with Crippen molar-refractivity contribution in [2.24, 2.45) is 11.7 Å². The van der Waals surface area contributed by atoms with E-state index < -0.39 is 0 Å². The Hall–Kier alpha value is -1.65. The van der Waals surface area contributed by atoms with Crippen molar-refractivity contribution in [1.82, 2.24) is 9.97 Å². The summed E-state index contributed by atoms with van der Waals surface area (Å²) in [6, 6.07) is 0. The smallest absolute Gasteiger partial charge is 0.146 e. The molecule has 0 aliphatic heterocycles. The second-order valence-corrected chi connectivity index (χ2v) is 5.06. The SMILES string of the molecule is CN(CC1CCCCC1)c1cnc(C(=N)N)cn1. The van der Waals surface area contributed by atoms with Gasteiger partial charge in [-0.3, -0.25) is 5.41 Å². The zero-order chi connectivity index (χ0) is 13.0. The summed E-state index contributed by atoms with van der Waals surface area (Å²) < 4.78 is 0. The van der Waals surface area contributed by atoms with Crippen LogP contribution in [0.15, 0.2) is 12.4 Å². The van der Waals surface area contributed by atoms with Crippen LogP contribution < -0.4 is 10.6 Å². The molecule has 0 aromatic carbocycles. The molecule has 1 saturated carbocycles. The third-order valence-electron chi connectivity index (χ3n) is 3.56. The molecule has 0 bridgehead atoms. The predicted molar refractivity (Wildman–Crippen MR) is 72.9 cm³/mol. The summed E-state index contributed by atoms with van der Waals surface area (Å²) in [5, 5.41) is 7.28. The first-order valence-electron chi connectivity index (χ1n) is 6.54. The van der Waals surface area contributed by atoms with E-state index in [-0.39, 0.29) is 5.84 Å². The molecule has 0 radical (unpaired) electrons. The molecule has 3 N–H and O–H groups in total. The number of amidine groups is 1. The normalized spacial score (nSPS) is 16.5. The van der Waals surface area contributed by atoms with Crippen LogP contribution >= 0.6 is 0 Å². The van der Waals surface area contributed by atoms with Gasteiger partial charge in [0.15, 0.2) is 0 Å². The van der Waals surface area contributed by atoms with Gasteiger partial charge in [-0.1, -0.05) is 19.3 Å². The topological polar surface area (TPSA) is 78.9 Å². The van der Waals surface area contributed by atoms with Gasteiger partial charge < -0.3 is 10.6 Å². The number of anilines is 1. The molecule has 0 saturated heterocycles. The van der Waals surface area contributed by atoms with Crippen LogP contribution in [0.2, 0.25) is 0 Å². The van der Waals surface area contributed by atoms with Crippen molar-refractivity contribution in [2.75, 3.05) is 18.5 Å². The van der Waals surface area contributed by atoms with Gasteiger partial charge in [0.2, 0.25) is 0 Å². The standard InChI is InChI=1S/C13H21N5/c1-18(9-10-5-3-2-4-6-10)12-8-16-11(7-17-12)13(14)15/h7-8,10H,2-6,9H2,1H3,(H3,14,15). The van der Waals surface area contributed by atoms with Crippen molar-refractivity contribution in [2.45, 2.75) is 32.1 Å². The largest absolute Gasteiger partial charge is 0.382 e. The molecule has 1 aliphatic carbocycles. The van der Waals surface area contributed by atoms with Crippen LogP contribution in [0.3, 0.4) is 0 Å². The third-order valence-corrected chi connectivity index (χ3v) is 3.56. The fourth-order valence-corrected chi connectivity index (χ4v) is 2.51. The number of hydrogen-bond donors (Lipinski definition) is 2. The van der Waals surface area contributed by atoms with Crippen molar-refractivity contribution in [3.05, 3.63) is 18.1 Å². The molecule has 1 aromatic heterocycles. The number of nitrogens with two attached hydrogens (primary N) is 1. The van der Waals surface area contributed by atoms with Crippen LogP contribution in [0.4, 0.5) is 5.82 Å². The highest BCUT2D eigenvalue weighted by molar-refractivity contribution is 5.92. The van der Waals surface area contributed by atoms with Gasteiger partial charge in [-0.25, -0.2) is 9.97 Å². The van der Waals surface area contributed by atoms with E-state index in [1.54, 1.807) is 12.4 Å². The van der Waals surface area contributed by atoms with E-state index in [9.17, 15) is 0 Å². The van der Waals surface area contributed by atoms with E-state index in [0.29, 0.717) is 5.69 Å². The maximum Gasteiger partial charge on any atom is 0.146 e. The molecule has 1 aliphatic rings. The lowest BCUT2D eigenvalue weighted by atomic mass is 9.89. The second-order valence-electron chi connectivity index (χ2n) is 5.06. The minimum absolute atomic E-state index is 0.0380. The molecular formula is C13H21N5. The summed E-state index contributed by atoms with van der Waals surface area (Å²) >= 11 is 0. The van der Waals surface area contributed by atoms with Gasteiger partial charge in [0.1, 0.15) is 17.3 Å². The fraction of sp³-hybridized carbons (Fsp3) is 0.615. The summed E-state index contributed by atoms with van der Waals surface area (Å²) in [5.74, 6) is 1.59. The number of hydrogen-bond acceptors (Lipinski definition) is 4. The number of rotatable bonds is 4. The molecule has 0 unspecified atom stereocenters. The molecule has 98 valence electrons. The first kappa shape index (κ1) is 12.8. The highest BCUT2D eigenvalue weighted by Crippen LogP contribution is 2.25. The lowest BCUT2D eigenvalue weighted by molar-refractivity contribution is 0.361. The van der Waals surface area contributed by atoms with E-state index in [4.69, 9.17) is 11.1 Å². The van der Waals surface area contributed by atoms with Crippen LogP contribution in [0.5, 0.6) is 0 Å². The Morgan fingerprint density at radius 1 is 1.33 bits per heavy atom. The van der Waals surface area contributed by atoms with Gasteiger partial charge >= 0.3 is 0 Å². The molecule has 5 heteroatoms. The number of nitrogen functional groups attached to an aromatic ring is 1. The highest BCUT2D eigenvalue weighted by Gasteiger charge is 2.16. The Labute approximate surface area is 108 Å². The van der Waals surface area contributed by atoms with Crippen molar-refractivity contribution >= 4 is 11.7 Å². The molecule has 5 nitrogen and oxygen atoms in total. The van der Waals surface area contributed by atoms with Crippen molar-refractivity contribution < 1.29 is 0 Å². The molecule has 1 heterocycles. The molecule has 18 heavy (non-hydrogen) atoms. The fourth-order valence-electron chi connectivity index (χ4n) is 2.51. The van der Waals surface area contributed by atoms with Gasteiger partial charge in [-0.15, -0.1) is 0 Å². The Bertz CT molecular complexity index is 394. The van der Waals surface area contributed by atoms with Crippen LogP contribution in [0.25, 0.3) is 0 Å². The molecule has 0 amide bonds. The van der Waals surface area contributed by atoms with E-state index in [0.717, 1.165) is 18.3 Å². The van der Waals surface area contributed by atoms with E-state index in [1.165, 1.54) is 32.1 Å². The molecular weight excluding hydrogens is 226 g/mol. The van der Waals surface area contributed by atoms with Crippen LogP contribution in [0, 0.1) is 11.3 Å². The number of nitrogens with zero attached hydrogens (tertiary/aromatic N) is 3. The summed E-state index contributed by atoms with van der Waals surface area (Å²) in [7, 11) is 2.05. The first-order chi connectivity index (χ1) is 8.66. The lowest BCUT2D eigenvalue weighted by Crippen LogP contribution is -2.27. The van der Waals surface area contributed by atoms with Crippen molar-refractivity contribution in [1.29, 1.82) is 5.41 Å². The minimum atomic E-state index is -0.0380. The van der Waals surface area contributed by atoms with Crippen LogP contribution in [-0.2, 0) is 0 Å². The average Bonchev–Trinajstić information content (AvgIpc) is 2.40. The predicted octanol–water partition coefficient (Wildman–Crippen LogP) is 1.78. The zero-order valence-corrected chi connectivity index (χ0v) is 10.9. The van der Waals surface area contributed by atoms with E-state index >= 15 is 0 Å². The average molecular weight is 247 g/mol. The van der Waals surface area contributed by atoms with Crippen molar-refractivity contribution in [3.63, 3.8) is 0 Å². The number of aromatic nitrogens is 2. The Morgan fingerprint density at radius 3 is 2.61 bits per heavy atom. The molecule has 0 spiro atoms. The third kappa shape index (κ3) is 3.18. The summed E-state index contributed by atoms with van der Waals surface area (Å²) in [5.41, 5.74) is 5.79. The van der Waals surface area contributed by atoms with E-state index in [2.05, 4.69) is 14.9 Å². The van der Waals surface area contributed by atoms with Gasteiger partial charge in [-0.05, 0) is 18.8 Å². The molecule has 0 atom stereocenters. The molecule has 2 rings (SSSR count). The Balaban J connectivity index is 1.95. The monoisotopic (exact) mass is 247 g/mol. The highest BCUT2D eigenvalue weighted by atomic mass is 15.2. The van der Waals surface area contributed by atoms with Gasteiger partial charge in [0.05, 0.1) is 12.4 Å². The summed E-state index contributed by atoms with van der Waals surface area (Å²) in [6.45, 7) is 1.04. The molecule has 1 aromatic rings. The van der Waals surface area contributed by atoms with Gasteiger partial charge in [0.25, 0.3) is 0 Å². The van der Waals surface area contributed by atoms with Crippen LogP contribution in [-0.4, -0.2) is 29.4 Å². The Morgan fingerprint density at radius 2 is 2.06 bits per heavy atom. The quantitative estimate of drug-likeness (QED) is 0.628. The van der Waals surface area contributed by atoms with Crippen LogP contribution in [0.1, 0.15) is 37.8 Å². The summed E-state index contributed by atoms with van der Waals surface area (Å²) in [4.78, 5) is 10.6. The van der Waals surface area contributed by atoms with E-state index in [1.807, 2.05) is 7.05 Å². The summed E-state index contributed by atoms with van der Waals surface area (Å²) in [6.07, 6.45) is 10.00. The molecule has 1 fully saturated rings. The maximum absolute atomic E-state index is 7.28. The lowest BCUT2D eigenvalue weighted by Gasteiger charge is -2.27. The Kier molecular flexibility index (Phi) is 4.12. The van der Waals surface area contributed by atoms with Gasteiger partial charge in [0, 0.05) is 13.6 Å². The van der Waals surface area contributed by atoms with Gasteiger partial charge in [-0.2, -0.15) is 0 Å². The second kappa shape index (κ2) is 5.80. The van der Waals surface area contributed by atoms with Crippen molar-refractivity contribution in [3.8, 4) is 0 Å². The first-order valence-corrected chi connectivity index (χ1v) is 6.54.